The molecular formula is C21H32N4O2. The van der Waals surface area contributed by atoms with E-state index in [1.165, 1.54) is 18.4 Å². The molecule has 6 heteroatoms. The number of nitrogens with zero attached hydrogens (tertiary/aromatic N) is 1. The molecule has 3 rings (SSSR count). The van der Waals surface area contributed by atoms with Gasteiger partial charge >= 0.3 is 12.1 Å². The van der Waals surface area contributed by atoms with Crippen LogP contribution >= 0.6 is 0 Å². The van der Waals surface area contributed by atoms with Gasteiger partial charge in [-0.05, 0) is 44.6 Å². The number of piperidine rings is 1. The quantitative estimate of drug-likeness (QED) is 0.718. The Morgan fingerprint density at radius 1 is 1.11 bits per heavy atom. The predicted molar refractivity (Wildman–Crippen MR) is 107 cm³/mol. The highest BCUT2D eigenvalue weighted by Crippen LogP contribution is 2.40. The van der Waals surface area contributed by atoms with Gasteiger partial charge in [-0.2, -0.15) is 0 Å². The largest absolute Gasteiger partial charge is 0.338 e. The van der Waals surface area contributed by atoms with Crippen LogP contribution in [0.1, 0.15) is 50.2 Å². The molecule has 1 aliphatic heterocycles. The molecule has 0 spiro atoms. The number of amides is 4. The van der Waals surface area contributed by atoms with E-state index in [2.05, 4.69) is 35.0 Å². The molecule has 1 saturated carbocycles. The number of benzene rings is 1. The highest BCUT2D eigenvalue weighted by atomic mass is 16.2. The van der Waals surface area contributed by atoms with Crippen molar-refractivity contribution in [2.45, 2.75) is 58.0 Å². The Morgan fingerprint density at radius 2 is 1.78 bits per heavy atom. The lowest BCUT2D eigenvalue weighted by Crippen LogP contribution is -2.59. The van der Waals surface area contributed by atoms with E-state index in [0.717, 1.165) is 30.7 Å². The zero-order valence-corrected chi connectivity index (χ0v) is 16.5. The summed E-state index contributed by atoms with van der Waals surface area (Å²) in [7, 11) is 0. The van der Waals surface area contributed by atoms with Crippen molar-refractivity contribution in [2.75, 3.05) is 19.6 Å². The van der Waals surface area contributed by atoms with Gasteiger partial charge in [-0.25, -0.2) is 9.59 Å². The molecule has 4 amide bonds. The maximum atomic E-state index is 12.5. The maximum absolute atomic E-state index is 12.5. The molecule has 148 valence electrons. The van der Waals surface area contributed by atoms with Crippen LogP contribution in [-0.4, -0.2) is 42.1 Å². The zero-order valence-electron chi connectivity index (χ0n) is 16.5. The predicted octanol–water partition coefficient (Wildman–Crippen LogP) is 3.16. The van der Waals surface area contributed by atoms with E-state index >= 15 is 0 Å². The fraction of sp³-hybridized carbons (Fsp3) is 0.619. The second-order valence-corrected chi connectivity index (χ2v) is 8.04. The second kappa shape index (κ2) is 8.63. The Bertz CT molecular complexity index is 647. The molecule has 1 aromatic rings. The van der Waals surface area contributed by atoms with Gasteiger partial charge in [0.1, 0.15) is 0 Å². The summed E-state index contributed by atoms with van der Waals surface area (Å²) in [5.41, 5.74) is 2.15. The van der Waals surface area contributed by atoms with Gasteiger partial charge in [0.15, 0.2) is 0 Å². The van der Waals surface area contributed by atoms with E-state index in [-0.39, 0.29) is 17.6 Å². The smallest absolute Gasteiger partial charge is 0.317 e. The van der Waals surface area contributed by atoms with Crippen LogP contribution in [-0.2, 0) is 6.54 Å². The second-order valence-electron chi connectivity index (χ2n) is 8.04. The van der Waals surface area contributed by atoms with Crippen molar-refractivity contribution < 1.29 is 9.59 Å². The number of likely N-dealkylation sites (tertiary alicyclic amines) is 1. The molecule has 0 radical (unpaired) electrons. The average Bonchev–Trinajstić information content (AvgIpc) is 3.45. The highest BCUT2D eigenvalue weighted by Gasteiger charge is 2.41. The van der Waals surface area contributed by atoms with Crippen molar-refractivity contribution in [3.63, 3.8) is 0 Å². The van der Waals surface area contributed by atoms with E-state index in [9.17, 15) is 9.59 Å². The first-order chi connectivity index (χ1) is 13.0. The lowest BCUT2D eigenvalue weighted by Gasteiger charge is -2.42. The van der Waals surface area contributed by atoms with Gasteiger partial charge in [-0.15, -0.1) is 0 Å². The van der Waals surface area contributed by atoms with E-state index in [1.807, 2.05) is 24.0 Å². The summed E-state index contributed by atoms with van der Waals surface area (Å²) in [6.45, 7) is 6.50. The first kappa shape index (κ1) is 19.5. The fourth-order valence-electron chi connectivity index (χ4n) is 3.83. The minimum atomic E-state index is -0.172. The third kappa shape index (κ3) is 5.62. The van der Waals surface area contributed by atoms with E-state index in [4.69, 9.17) is 0 Å². The van der Waals surface area contributed by atoms with Gasteiger partial charge in [-0.3, -0.25) is 0 Å². The van der Waals surface area contributed by atoms with E-state index in [1.54, 1.807) is 0 Å². The number of hydrogen-bond donors (Lipinski definition) is 3. The molecule has 6 nitrogen and oxygen atoms in total. The Kier molecular flexibility index (Phi) is 6.24. The van der Waals surface area contributed by atoms with E-state index in [0.29, 0.717) is 26.2 Å². The Balaban J connectivity index is 1.51. The molecule has 2 aliphatic rings. The molecule has 0 aromatic heterocycles. The van der Waals surface area contributed by atoms with Crippen LogP contribution in [0.2, 0.25) is 0 Å². The summed E-state index contributed by atoms with van der Waals surface area (Å²) >= 11 is 0. The number of urea groups is 2. The fourth-order valence-corrected chi connectivity index (χ4v) is 3.83. The van der Waals surface area contributed by atoms with E-state index < -0.39 is 0 Å². The minimum absolute atomic E-state index is 0.0198. The molecule has 2 fully saturated rings. The third-order valence-corrected chi connectivity index (χ3v) is 5.66. The molecule has 1 heterocycles. The number of hydrogen-bond acceptors (Lipinski definition) is 2. The van der Waals surface area contributed by atoms with Gasteiger partial charge in [-0.1, -0.05) is 42.7 Å². The molecule has 1 aromatic carbocycles. The molecule has 0 atom stereocenters. The lowest BCUT2D eigenvalue weighted by molar-refractivity contribution is 0.134. The summed E-state index contributed by atoms with van der Waals surface area (Å²) in [6.07, 6.45) is 5.19. The molecule has 0 bridgehead atoms. The number of carbonyl (C=O) groups excluding carboxylic acids is 2. The van der Waals surface area contributed by atoms with Crippen molar-refractivity contribution in [3.8, 4) is 0 Å². The summed E-state index contributed by atoms with van der Waals surface area (Å²) in [5, 5.41) is 9.08. The first-order valence-electron chi connectivity index (χ1n) is 10.1. The molecule has 1 aliphatic carbocycles. The lowest BCUT2D eigenvalue weighted by atomic mass is 9.82. The Labute approximate surface area is 162 Å². The number of aryl methyl sites for hydroxylation is 1. The van der Waals surface area contributed by atoms with Crippen LogP contribution in [0, 0.1) is 12.8 Å². The Hall–Kier alpha value is -2.24. The van der Waals surface area contributed by atoms with Crippen molar-refractivity contribution in [3.05, 3.63) is 35.4 Å². The third-order valence-electron chi connectivity index (χ3n) is 5.66. The molecular weight excluding hydrogens is 340 g/mol. The van der Waals surface area contributed by atoms with Crippen LogP contribution in [0.5, 0.6) is 0 Å². The zero-order chi connectivity index (χ0) is 19.3. The Morgan fingerprint density at radius 3 is 2.37 bits per heavy atom. The standard InChI is InChI=1S/C21H32N4O2/c1-3-22-19(26)24-21(14-17-8-9-17)10-12-25(13-11-21)20(27)23-15-18-6-4-16(2)5-7-18/h4-7,17H,3,8-15H2,1-2H3,(H,23,27)(H2,22,24,26). The number of nitrogens with one attached hydrogen (secondary N) is 3. The number of carbonyl (C=O) groups is 2. The van der Waals surface area contributed by atoms with Crippen molar-refractivity contribution >= 4 is 12.1 Å². The van der Waals surface area contributed by atoms with Crippen LogP contribution < -0.4 is 16.0 Å². The van der Waals surface area contributed by atoms with Crippen LogP contribution in [0.25, 0.3) is 0 Å². The minimum Gasteiger partial charge on any atom is -0.338 e. The van der Waals surface area contributed by atoms with Gasteiger partial charge in [0.05, 0.1) is 0 Å². The topological polar surface area (TPSA) is 73.5 Å². The van der Waals surface area contributed by atoms with Crippen LogP contribution in [0.4, 0.5) is 9.59 Å². The highest BCUT2D eigenvalue weighted by molar-refractivity contribution is 5.75. The first-order valence-corrected chi connectivity index (χ1v) is 10.1. The summed E-state index contributed by atoms with van der Waals surface area (Å²) in [5.74, 6) is 0.730. The van der Waals surface area contributed by atoms with Gasteiger partial charge in [0, 0.05) is 31.7 Å². The molecule has 3 N–H and O–H groups in total. The van der Waals surface area contributed by atoms with Crippen LogP contribution in [0.15, 0.2) is 24.3 Å². The van der Waals surface area contributed by atoms with Gasteiger partial charge in [0.2, 0.25) is 0 Å². The molecule has 27 heavy (non-hydrogen) atoms. The SMILES string of the molecule is CCNC(=O)NC1(CC2CC2)CCN(C(=O)NCc2ccc(C)cc2)CC1. The maximum Gasteiger partial charge on any atom is 0.317 e. The number of rotatable bonds is 6. The monoisotopic (exact) mass is 372 g/mol. The molecule has 0 unspecified atom stereocenters. The van der Waals surface area contributed by atoms with Crippen molar-refractivity contribution in [1.29, 1.82) is 0 Å². The van der Waals surface area contributed by atoms with Crippen molar-refractivity contribution in [1.82, 2.24) is 20.9 Å². The summed E-state index contributed by atoms with van der Waals surface area (Å²) < 4.78 is 0. The molecule has 1 saturated heterocycles. The van der Waals surface area contributed by atoms with Crippen LogP contribution in [0.3, 0.4) is 0 Å². The van der Waals surface area contributed by atoms with Gasteiger partial charge < -0.3 is 20.9 Å². The van der Waals surface area contributed by atoms with Crippen molar-refractivity contribution in [2.24, 2.45) is 5.92 Å². The normalized spacial score (nSPS) is 18.7. The van der Waals surface area contributed by atoms with Gasteiger partial charge in [0.25, 0.3) is 0 Å². The average molecular weight is 373 g/mol. The summed E-state index contributed by atoms with van der Waals surface area (Å²) in [6, 6.07) is 8.10. The summed E-state index contributed by atoms with van der Waals surface area (Å²) in [4.78, 5) is 26.5.